The monoisotopic (exact) mass is 188 g/mol. The fraction of sp³-hybridized carbons (Fsp3) is 0.231. The molecule has 1 N–H and O–H groups in total. The van der Waals surface area contributed by atoms with Crippen LogP contribution in [0.25, 0.3) is 18.2 Å². The summed E-state index contributed by atoms with van der Waals surface area (Å²) in [6, 6.07) is 4.06. The Labute approximate surface area is 84.7 Å². The van der Waals surface area contributed by atoms with Crippen LogP contribution in [0, 0.1) is 0 Å². The molecule has 0 unspecified atom stereocenters. The molecular weight excluding hydrogens is 172 g/mol. The normalized spacial score (nSPS) is 13.4. The first-order valence-electron chi connectivity index (χ1n) is 4.75. The van der Waals surface area contributed by atoms with Crippen molar-refractivity contribution in [2.24, 2.45) is 0 Å². The van der Waals surface area contributed by atoms with Crippen LogP contribution in [-0.4, -0.2) is 5.11 Å². The molecule has 0 aliphatic heterocycles. The summed E-state index contributed by atoms with van der Waals surface area (Å²) in [7, 11) is 0. The van der Waals surface area contributed by atoms with Crippen LogP contribution >= 0.6 is 0 Å². The quantitative estimate of drug-likeness (QED) is 0.744. The molecule has 0 aliphatic carbocycles. The molecule has 0 fully saturated rings. The van der Waals surface area contributed by atoms with E-state index < -0.39 is 0 Å². The summed E-state index contributed by atoms with van der Waals surface area (Å²) in [4.78, 5) is 0. The number of benzene rings is 1. The fourth-order valence-electron chi connectivity index (χ4n) is 1.52. The third-order valence-corrected chi connectivity index (χ3v) is 2.36. The first-order chi connectivity index (χ1) is 6.76. The summed E-state index contributed by atoms with van der Waals surface area (Å²) in [5, 5.41) is 11.5. The molecule has 0 aliphatic rings. The number of rotatable bonds is 2. The van der Waals surface area contributed by atoms with E-state index in [4.69, 9.17) is 5.11 Å². The predicted octanol–water partition coefficient (Wildman–Crippen LogP) is 1.42. The Morgan fingerprint density at radius 3 is 2.21 bits per heavy atom. The average Bonchev–Trinajstić information content (AvgIpc) is 2.26. The second kappa shape index (κ2) is 4.77. The molecule has 0 heterocycles. The minimum absolute atomic E-state index is 0.0617. The molecule has 0 saturated carbocycles. The van der Waals surface area contributed by atoms with Crippen molar-refractivity contribution < 1.29 is 5.11 Å². The Balaban J connectivity index is 3.61. The molecule has 0 aromatic heterocycles. The van der Waals surface area contributed by atoms with E-state index in [9.17, 15) is 0 Å². The zero-order chi connectivity index (χ0) is 10.6. The van der Waals surface area contributed by atoms with E-state index in [0.29, 0.717) is 0 Å². The zero-order valence-electron chi connectivity index (χ0n) is 8.75. The van der Waals surface area contributed by atoms with Crippen molar-refractivity contribution in [3.05, 3.63) is 40.3 Å². The van der Waals surface area contributed by atoms with Gasteiger partial charge in [-0.1, -0.05) is 24.8 Å². The zero-order valence-corrected chi connectivity index (χ0v) is 8.75. The van der Waals surface area contributed by atoms with Crippen LogP contribution < -0.4 is 10.4 Å². The van der Waals surface area contributed by atoms with Gasteiger partial charge in [-0.25, -0.2) is 0 Å². The molecule has 0 bridgehead atoms. The third kappa shape index (κ3) is 1.94. The minimum atomic E-state index is 0.0617. The van der Waals surface area contributed by atoms with Crippen LogP contribution in [0.15, 0.2) is 18.7 Å². The van der Waals surface area contributed by atoms with Gasteiger partial charge in [-0.15, -0.1) is 0 Å². The molecule has 1 aromatic carbocycles. The molecular formula is C13H16O. The van der Waals surface area contributed by atoms with Gasteiger partial charge in [0.1, 0.15) is 0 Å². The van der Waals surface area contributed by atoms with Crippen molar-refractivity contribution >= 4 is 18.2 Å². The third-order valence-electron chi connectivity index (χ3n) is 2.36. The van der Waals surface area contributed by atoms with Gasteiger partial charge in [0, 0.05) is 0 Å². The lowest BCUT2D eigenvalue weighted by molar-refractivity contribution is 0.281. The van der Waals surface area contributed by atoms with Crippen LogP contribution in [0.3, 0.4) is 0 Å². The molecule has 0 amide bonds. The van der Waals surface area contributed by atoms with Crippen LogP contribution in [0.4, 0.5) is 0 Å². The summed E-state index contributed by atoms with van der Waals surface area (Å²) in [6.07, 6.45) is 5.88. The van der Waals surface area contributed by atoms with E-state index in [2.05, 4.69) is 12.7 Å². The number of hydrogen-bond acceptors (Lipinski definition) is 1. The van der Waals surface area contributed by atoms with E-state index in [1.54, 1.807) is 6.08 Å². The molecule has 1 heteroatoms. The van der Waals surface area contributed by atoms with Gasteiger partial charge in [0.05, 0.1) is 6.61 Å². The lowest BCUT2D eigenvalue weighted by atomic mass is 10.0. The van der Waals surface area contributed by atoms with Crippen molar-refractivity contribution in [1.82, 2.24) is 0 Å². The summed E-state index contributed by atoms with van der Waals surface area (Å²) in [5.74, 6) is 0. The highest BCUT2D eigenvalue weighted by molar-refractivity contribution is 5.53. The first kappa shape index (κ1) is 10.7. The molecule has 0 atom stereocenters. The standard InChI is InChI=1S/C13H16O/c1-4-10-7-12(6-3)13(9-14)8-11(10)5-2/h4-8,14H,3,9H2,1-2H3/b10-4-,11-5-. The van der Waals surface area contributed by atoms with E-state index in [0.717, 1.165) is 16.3 Å². The van der Waals surface area contributed by atoms with Crippen molar-refractivity contribution in [3.63, 3.8) is 0 Å². The highest BCUT2D eigenvalue weighted by Gasteiger charge is 1.97. The summed E-state index contributed by atoms with van der Waals surface area (Å²) in [5.41, 5.74) is 1.94. The lowest BCUT2D eigenvalue weighted by Crippen LogP contribution is -2.25. The fourth-order valence-corrected chi connectivity index (χ4v) is 1.52. The van der Waals surface area contributed by atoms with Crippen LogP contribution in [0.5, 0.6) is 0 Å². The Morgan fingerprint density at radius 1 is 1.21 bits per heavy atom. The van der Waals surface area contributed by atoms with Gasteiger partial charge in [-0.3, -0.25) is 0 Å². The molecule has 74 valence electrons. The molecule has 14 heavy (non-hydrogen) atoms. The summed E-state index contributed by atoms with van der Waals surface area (Å²) < 4.78 is 0. The predicted molar refractivity (Wildman–Crippen MR) is 62.0 cm³/mol. The van der Waals surface area contributed by atoms with Gasteiger partial charge in [0.15, 0.2) is 0 Å². The van der Waals surface area contributed by atoms with Gasteiger partial charge >= 0.3 is 0 Å². The largest absolute Gasteiger partial charge is 0.392 e. The maximum atomic E-state index is 9.16. The first-order valence-corrected chi connectivity index (χ1v) is 4.75. The van der Waals surface area contributed by atoms with Crippen molar-refractivity contribution in [1.29, 1.82) is 0 Å². The van der Waals surface area contributed by atoms with E-state index in [1.165, 1.54) is 5.22 Å². The van der Waals surface area contributed by atoms with Gasteiger partial charge < -0.3 is 5.11 Å². The Kier molecular flexibility index (Phi) is 3.66. The minimum Gasteiger partial charge on any atom is -0.392 e. The number of aliphatic hydroxyl groups excluding tert-OH is 1. The van der Waals surface area contributed by atoms with Gasteiger partial charge in [-0.05, 0) is 47.5 Å². The highest BCUT2D eigenvalue weighted by Crippen LogP contribution is 2.04. The maximum absolute atomic E-state index is 9.16. The Hall–Kier alpha value is -1.34. The average molecular weight is 188 g/mol. The molecule has 1 rings (SSSR count). The Morgan fingerprint density at radius 2 is 1.79 bits per heavy atom. The summed E-state index contributed by atoms with van der Waals surface area (Å²) >= 11 is 0. The van der Waals surface area contributed by atoms with Gasteiger partial charge in [0.25, 0.3) is 0 Å². The number of hydrogen-bond donors (Lipinski definition) is 1. The topological polar surface area (TPSA) is 20.2 Å². The van der Waals surface area contributed by atoms with Crippen LogP contribution in [0.2, 0.25) is 0 Å². The maximum Gasteiger partial charge on any atom is 0.0687 e. The number of aliphatic hydroxyl groups is 1. The molecule has 0 radical (unpaired) electrons. The van der Waals surface area contributed by atoms with Crippen LogP contribution in [0.1, 0.15) is 25.0 Å². The second-order valence-corrected chi connectivity index (χ2v) is 3.12. The van der Waals surface area contributed by atoms with Crippen molar-refractivity contribution in [2.45, 2.75) is 20.5 Å². The lowest BCUT2D eigenvalue weighted by Gasteiger charge is -2.03. The Bertz CT molecular complexity index is 441. The molecule has 0 spiro atoms. The molecule has 0 saturated heterocycles. The molecule has 1 aromatic rings. The highest BCUT2D eigenvalue weighted by atomic mass is 16.3. The SMILES string of the molecule is C=Cc1cc(=C/C)/c(=C\C)cc1CO. The van der Waals surface area contributed by atoms with Crippen molar-refractivity contribution in [2.75, 3.05) is 0 Å². The summed E-state index contributed by atoms with van der Waals surface area (Å²) in [6.45, 7) is 7.80. The van der Waals surface area contributed by atoms with Crippen LogP contribution in [-0.2, 0) is 6.61 Å². The van der Waals surface area contributed by atoms with E-state index >= 15 is 0 Å². The molecule has 1 nitrogen and oxygen atoms in total. The van der Waals surface area contributed by atoms with Gasteiger partial charge in [-0.2, -0.15) is 0 Å². The second-order valence-electron chi connectivity index (χ2n) is 3.12. The van der Waals surface area contributed by atoms with Gasteiger partial charge in [0.2, 0.25) is 0 Å². The van der Waals surface area contributed by atoms with Crippen molar-refractivity contribution in [3.8, 4) is 0 Å². The van der Waals surface area contributed by atoms with E-state index in [-0.39, 0.29) is 6.61 Å². The van der Waals surface area contributed by atoms with E-state index in [1.807, 2.05) is 32.1 Å². The smallest absolute Gasteiger partial charge is 0.0687 e.